The zero-order chi connectivity index (χ0) is 14.2. The van der Waals surface area contributed by atoms with E-state index < -0.39 is 0 Å². The van der Waals surface area contributed by atoms with Gasteiger partial charge in [-0.2, -0.15) is 0 Å². The molecule has 7 heteroatoms. The number of rotatable bonds is 2. The second-order valence-electron chi connectivity index (χ2n) is 3.49. The van der Waals surface area contributed by atoms with Crippen molar-refractivity contribution in [1.82, 2.24) is 0 Å². The van der Waals surface area contributed by atoms with E-state index in [1.165, 1.54) is 0 Å². The van der Waals surface area contributed by atoms with Crippen LogP contribution in [0.5, 0.6) is 17.2 Å². The zero-order valence-electron chi connectivity index (χ0n) is 9.05. The number of ether oxygens (including phenoxy) is 1. The quantitative estimate of drug-likeness (QED) is 0.388. The first-order valence-corrected chi connectivity index (χ1v) is 8.86. The van der Waals surface area contributed by atoms with Gasteiger partial charge in [-0.1, -0.05) is 6.07 Å². The molecule has 0 aliphatic heterocycles. The number of phenolic OH excluding ortho intramolecular Hbond substituents is 1. The van der Waals surface area contributed by atoms with Crippen LogP contribution in [0.3, 0.4) is 0 Å². The van der Waals surface area contributed by atoms with Crippen molar-refractivity contribution in [2.75, 3.05) is 0 Å². The Morgan fingerprint density at radius 3 is 2.21 bits per heavy atom. The van der Waals surface area contributed by atoms with Gasteiger partial charge in [0, 0.05) is 13.4 Å². The highest BCUT2D eigenvalue weighted by molar-refractivity contribution is 9.14. The Morgan fingerprint density at radius 2 is 1.53 bits per heavy atom. The summed E-state index contributed by atoms with van der Waals surface area (Å²) in [5.41, 5.74) is 0. The van der Waals surface area contributed by atoms with Gasteiger partial charge in [-0.3, -0.25) is 0 Å². The van der Waals surface area contributed by atoms with Gasteiger partial charge in [0.2, 0.25) is 0 Å². The third kappa shape index (κ3) is 3.37. The van der Waals surface area contributed by atoms with E-state index in [2.05, 4.69) is 79.6 Å². The van der Waals surface area contributed by atoms with Crippen LogP contribution in [0, 0.1) is 0 Å². The van der Waals surface area contributed by atoms with Gasteiger partial charge in [0.15, 0.2) is 11.5 Å². The van der Waals surface area contributed by atoms with Crippen LogP contribution in [-0.2, 0) is 0 Å². The maximum atomic E-state index is 9.99. The average molecular weight is 581 g/mol. The van der Waals surface area contributed by atoms with E-state index in [9.17, 15) is 5.11 Å². The summed E-state index contributed by atoms with van der Waals surface area (Å²) in [7, 11) is 0. The number of aromatic hydroxyl groups is 1. The number of hydrogen-bond acceptors (Lipinski definition) is 2. The maximum Gasteiger partial charge on any atom is 0.184 e. The molecule has 0 saturated carbocycles. The topological polar surface area (TPSA) is 29.5 Å². The summed E-state index contributed by atoms with van der Waals surface area (Å²) in [6, 6.07) is 7.11. The molecule has 2 rings (SSSR count). The molecule has 0 unspecified atom stereocenters. The molecule has 2 nitrogen and oxygen atoms in total. The zero-order valence-corrected chi connectivity index (χ0v) is 17.0. The van der Waals surface area contributed by atoms with Gasteiger partial charge < -0.3 is 9.84 Å². The standard InChI is InChI=1S/C12H5Br5O2/c13-5-2-1-3-8(9(5)15)19-12-7(18)4-6(14)10(16)11(12)17/h1-4,18H. The van der Waals surface area contributed by atoms with Crippen molar-refractivity contribution in [2.45, 2.75) is 0 Å². The molecule has 0 saturated heterocycles. The minimum absolute atomic E-state index is 0.0359. The Hall–Kier alpha value is 0.440. The van der Waals surface area contributed by atoms with Gasteiger partial charge in [-0.15, -0.1) is 0 Å². The predicted molar refractivity (Wildman–Crippen MR) is 93.1 cm³/mol. The molecule has 0 fully saturated rings. The molecule has 0 aliphatic carbocycles. The Morgan fingerprint density at radius 1 is 0.842 bits per heavy atom. The molecule has 100 valence electrons. The fraction of sp³-hybridized carbons (Fsp3) is 0. The van der Waals surface area contributed by atoms with E-state index >= 15 is 0 Å². The fourth-order valence-electron chi connectivity index (χ4n) is 1.34. The van der Waals surface area contributed by atoms with Gasteiger partial charge in [0.1, 0.15) is 5.75 Å². The van der Waals surface area contributed by atoms with Crippen molar-refractivity contribution in [3.05, 3.63) is 46.6 Å². The first kappa shape index (κ1) is 15.8. The van der Waals surface area contributed by atoms with Gasteiger partial charge >= 0.3 is 0 Å². The first-order chi connectivity index (χ1) is 8.91. The van der Waals surface area contributed by atoms with Crippen LogP contribution in [0.25, 0.3) is 0 Å². The Labute approximate surface area is 152 Å². The van der Waals surface area contributed by atoms with Crippen LogP contribution in [-0.4, -0.2) is 5.11 Å². The number of phenols is 1. The second kappa shape index (κ2) is 6.47. The summed E-state index contributed by atoms with van der Waals surface area (Å²) in [4.78, 5) is 0. The smallest absolute Gasteiger partial charge is 0.184 e. The van der Waals surface area contributed by atoms with E-state index in [4.69, 9.17) is 4.74 Å². The summed E-state index contributed by atoms with van der Waals surface area (Å²) in [5, 5.41) is 9.99. The van der Waals surface area contributed by atoms with E-state index in [0.717, 1.165) is 17.9 Å². The van der Waals surface area contributed by atoms with E-state index in [1.54, 1.807) is 12.1 Å². The molecule has 0 aliphatic rings. The summed E-state index contributed by atoms with van der Waals surface area (Å²) in [5.74, 6) is 0.974. The molecule has 19 heavy (non-hydrogen) atoms. The van der Waals surface area contributed by atoms with Crippen LogP contribution < -0.4 is 4.74 Å². The highest BCUT2D eigenvalue weighted by Crippen LogP contribution is 2.47. The lowest BCUT2D eigenvalue weighted by atomic mass is 10.3. The third-order valence-electron chi connectivity index (χ3n) is 2.23. The molecule has 0 radical (unpaired) electrons. The highest BCUT2D eigenvalue weighted by atomic mass is 79.9. The lowest BCUT2D eigenvalue weighted by Crippen LogP contribution is -1.89. The molecule has 2 aromatic rings. The molecular weight excluding hydrogens is 576 g/mol. The third-order valence-corrected chi connectivity index (χ3v) is 7.51. The number of benzene rings is 2. The van der Waals surface area contributed by atoms with Gasteiger partial charge in [-0.05, 0) is 97.8 Å². The van der Waals surface area contributed by atoms with Crippen molar-refractivity contribution in [3.63, 3.8) is 0 Å². The lowest BCUT2D eigenvalue weighted by Gasteiger charge is -2.13. The summed E-state index contributed by atoms with van der Waals surface area (Å²) in [6.45, 7) is 0. The summed E-state index contributed by atoms with van der Waals surface area (Å²) < 4.78 is 9.55. The van der Waals surface area contributed by atoms with E-state index in [0.29, 0.717) is 16.0 Å². The van der Waals surface area contributed by atoms with E-state index in [-0.39, 0.29) is 5.75 Å². The van der Waals surface area contributed by atoms with Crippen molar-refractivity contribution in [2.24, 2.45) is 0 Å². The molecule has 0 amide bonds. The van der Waals surface area contributed by atoms with Crippen LogP contribution >= 0.6 is 79.6 Å². The molecule has 1 N–H and O–H groups in total. The van der Waals surface area contributed by atoms with Crippen LogP contribution in [0.15, 0.2) is 46.6 Å². The minimum Gasteiger partial charge on any atom is -0.504 e. The average Bonchev–Trinajstić information content (AvgIpc) is 2.37. The fourth-order valence-corrected chi connectivity index (χ4v) is 3.50. The minimum atomic E-state index is 0.0359. The maximum absolute atomic E-state index is 9.99. The molecule has 0 spiro atoms. The van der Waals surface area contributed by atoms with Gasteiger partial charge in [0.25, 0.3) is 0 Å². The summed E-state index contributed by atoms with van der Waals surface area (Å²) >= 11 is 17.0. The number of halogens is 5. The van der Waals surface area contributed by atoms with Gasteiger partial charge in [0.05, 0.1) is 8.95 Å². The Bertz CT molecular complexity index is 643. The van der Waals surface area contributed by atoms with E-state index in [1.807, 2.05) is 12.1 Å². The predicted octanol–water partition coefficient (Wildman–Crippen LogP) is 7.00. The monoisotopic (exact) mass is 576 g/mol. The molecule has 0 atom stereocenters. The Kier molecular flexibility index (Phi) is 5.39. The normalized spacial score (nSPS) is 10.6. The van der Waals surface area contributed by atoms with Gasteiger partial charge in [-0.25, -0.2) is 0 Å². The van der Waals surface area contributed by atoms with Crippen LogP contribution in [0.2, 0.25) is 0 Å². The second-order valence-corrected chi connectivity index (χ2v) is 7.58. The Balaban J connectivity index is 2.50. The van der Waals surface area contributed by atoms with Crippen molar-refractivity contribution >= 4 is 79.6 Å². The largest absolute Gasteiger partial charge is 0.504 e. The number of hydrogen-bond donors (Lipinski definition) is 1. The molecular formula is C12H5Br5O2. The molecule has 2 aromatic carbocycles. The van der Waals surface area contributed by atoms with Crippen LogP contribution in [0.1, 0.15) is 0 Å². The highest BCUT2D eigenvalue weighted by Gasteiger charge is 2.17. The first-order valence-electron chi connectivity index (χ1n) is 4.90. The summed E-state index contributed by atoms with van der Waals surface area (Å²) in [6.07, 6.45) is 0. The van der Waals surface area contributed by atoms with Crippen molar-refractivity contribution in [1.29, 1.82) is 0 Å². The molecule has 0 aromatic heterocycles. The SMILES string of the molecule is Oc1cc(Br)c(Br)c(Br)c1Oc1cccc(Br)c1Br. The lowest BCUT2D eigenvalue weighted by molar-refractivity contribution is 0.407. The molecule has 0 bridgehead atoms. The van der Waals surface area contributed by atoms with Crippen molar-refractivity contribution in [3.8, 4) is 17.2 Å². The molecule has 0 heterocycles. The van der Waals surface area contributed by atoms with Crippen LogP contribution in [0.4, 0.5) is 0 Å². The van der Waals surface area contributed by atoms with Crippen molar-refractivity contribution < 1.29 is 9.84 Å².